The minimum absolute atomic E-state index is 0.109. The summed E-state index contributed by atoms with van der Waals surface area (Å²) in [4.78, 5) is 20.2. The van der Waals surface area contributed by atoms with Crippen LogP contribution in [0.25, 0.3) is 10.2 Å². The number of thiazole rings is 1. The molecule has 7 heteroatoms. The highest BCUT2D eigenvalue weighted by Crippen LogP contribution is 2.38. The molecule has 5 rings (SSSR count). The number of para-hydroxylation sites is 2. The molecule has 0 radical (unpaired) electrons. The van der Waals surface area contributed by atoms with Gasteiger partial charge in [-0.3, -0.25) is 4.79 Å². The molecular weight excluding hydrogens is 446 g/mol. The van der Waals surface area contributed by atoms with E-state index in [1.165, 1.54) is 11.3 Å². The number of rotatable bonds is 7. The fourth-order valence-corrected chi connectivity index (χ4v) is 5.45. The topological polar surface area (TPSA) is 63.7 Å². The Morgan fingerprint density at radius 1 is 1.06 bits per heavy atom. The molecule has 1 aliphatic heterocycles. The molecular formula is C27H27N3O3S. The van der Waals surface area contributed by atoms with Crippen LogP contribution in [-0.2, 0) is 12.8 Å². The van der Waals surface area contributed by atoms with E-state index < -0.39 is 0 Å². The Morgan fingerprint density at radius 2 is 1.91 bits per heavy atom. The SMILES string of the molecule is COc1ccc(CCNC(=O)c2cccc3sc(N4CCCc5ccccc54)nc23)cc1OC. The number of methoxy groups -OCH3 is 2. The third-order valence-corrected chi connectivity index (χ3v) is 7.18. The number of carbonyl (C=O) groups is 1. The highest BCUT2D eigenvalue weighted by atomic mass is 32.1. The van der Waals surface area contributed by atoms with E-state index in [4.69, 9.17) is 14.5 Å². The number of ether oxygens (including phenoxy) is 2. The molecule has 1 aliphatic rings. The standard InChI is InChI=1S/C27H27N3O3S/c1-32-22-13-12-18(17-23(22)33-2)14-15-28-26(31)20-9-5-11-24-25(20)29-27(34-24)30-16-6-8-19-7-3-4-10-21(19)30/h3-5,7,9-13,17H,6,8,14-16H2,1-2H3,(H,28,31). The molecule has 0 atom stereocenters. The van der Waals surface area contributed by atoms with Crippen molar-refractivity contribution in [1.29, 1.82) is 0 Å². The molecule has 0 unspecified atom stereocenters. The maximum absolute atomic E-state index is 13.1. The normalized spacial score (nSPS) is 12.9. The Hall–Kier alpha value is -3.58. The van der Waals surface area contributed by atoms with E-state index in [9.17, 15) is 4.79 Å². The second-order valence-electron chi connectivity index (χ2n) is 8.23. The van der Waals surface area contributed by atoms with E-state index in [0.29, 0.717) is 30.0 Å². The molecule has 0 spiro atoms. The maximum atomic E-state index is 13.1. The van der Waals surface area contributed by atoms with E-state index >= 15 is 0 Å². The van der Waals surface area contributed by atoms with Gasteiger partial charge in [0.2, 0.25) is 0 Å². The molecule has 0 saturated heterocycles. The van der Waals surface area contributed by atoms with Crippen LogP contribution in [0.15, 0.2) is 60.7 Å². The number of nitrogens with zero attached hydrogens (tertiary/aromatic N) is 2. The summed E-state index contributed by atoms with van der Waals surface area (Å²) in [5.74, 6) is 1.27. The Morgan fingerprint density at radius 3 is 2.76 bits per heavy atom. The first-order valence-electron chi connectivity index (χ1n) is 11.4. The van der Waals surface area contributed by atoms with E-state index in [1.807, 2.05) is 36.4 Å². The second-order valence-corrected chi connectivity index (χ2v) is 9.24. The summed E-state index contributed by atoms with van der Waals surface area (Å²) in [7, 11) is 3.24. The highest BCUT2D eigenvalue weighted by Gasteiger charge is 2.22. The number of aryl methyl sites for hydroxylation is 1. The average Bonchev–Trinajstić information content (AvgIpc) is 3.32. The van der Waals surface area contributed by atoms with Crippen molar-refractivity contribution in [3.8, 4) is 11.5 Å². The van der Waals surface area contributed by atoms with Crippen LogP contribution < -0.4 is 19.7 Å². The quantitative estimate of drug-likeness (QED) is 0.391. The Balaban J connectivity index is 1.33. The Bertz CT molecular complexity index is 1330. The Kier molecular flexibility index (Phi) is 6.36. The zero-order valence-electron chi connectivity index (χ0n) is 19.3. The van der Waals surface area contributed by atoms with E-state index in [1.54, 1.807) is 25.6 Å². The largest absolute Gasteiger partial charge is 0.493 e. The molecule has 1 N–H and O–H groups in total. The van der Waals surface area contributed by atoms with Gasteiger partial charge in [-0.15, -0.1) is 0 Å². The minimum atomic E-state index is -0.109. The number of hydrogen-bond acceptors (Lipinski definition) is 6. The second kappa shape index (κ2) is 9.73. The third-order valence-electron chi connectivity index (χ3n) is 6.14. The molecule has 0 bridgehead atoms. The fourth-order valence-electron chi connectivity index (χ4n) is 4.42. The van der Waals surface area contributed by atoms with Crippen LogP contribution in [0.5, 0.6) is 11.5 Å². The molecule has 1 amide bonds. The maximum Gasteiger partial charge on any atom is 0.253 e. The van der Waals surface area contributed by atoms with Crippen LogP contribution >= 0.6 is 11.3 Å². The lowest BCUT2D eigenvalue weighted by atomic mass is 10.0. The van der Waals surface area contributed by atoms with Gasteiger partial charge in [0.1, 0.15) is 0 Å². The van der Waals surface area contributed by atoms with Gasteiger partial charge in [-0.25, -0.2) is 4.98 Å². The molecule has 34 heavy (non-hydrogen) atoms. The summed E-state index contributed by atoms with van der Waals surface area (Å²) >= 11 is 1.64. The van der Waals surface area contributed by atoms with Crippen LogP contribution in [0.4, 0.5) is 10.8 Å². The van der Waals surface area contributed by atoms with Crippen molar-refractivity contribution in [3.63, 3.8) is 0 Å². The number of carbonyl (C=O) groups excluding carboxylic acids is 1. The average molecular weight is 474 g/mol. The van der Waals surface area contributed by atoms with Crippen LogP contribution in [0, 0.1) is 0 Å². The molecule has 0 saturated carbocycles. The van der Waals surface area contributed by atoms with Gasteiger partial charge in [0.05, 0.1) is 30.0 Å². The smallest absolute Gasteiger partial charge is 0.253 e. The third kappa shape index (κ3) is 4.31. The molecule has 1 aromatic heterocycles. The zero-order chi connectivity index (χ0) is 23.5. The van der Waals surface area contributed by atoms with Crippen molar-refractivity contribution < 1.29 is 14.3 Å². The van der Waals surface area contributed by atoms with Gasteiger partial charge < -0.3 is 19.7 Å². The summed E-state index contributed by atoms with van der Waals surface area (Å²) in [5, 5.41) is 3.99. The summed E-state index contributed by atoms with van der Waals surface area (Å²) < 4.78 is 11.7. The number of fused-ring (bicyclic) bond motifs is 2. The minimum Gasteiger partial charge on any atom is -0.493 e. The number of hydrogen-bond donors (Lipinski definition) is 1. The van der Waals surface area contributed by atoms with Crippen LogP contribution in [0.3, 0.4) is 0 Å². The number of nitrogens with one attached hydrogen (secondary N) is 1. The molecule has 174 valence electrons. The van der Waals surface area contributed by atoms with Crippen molar-refractivity contribution in [2.24, 2.45) is 0 Å². The first-order chi connectivity index (χ1) is 16.7. The van der Waals surface area contributed by atoms with Crippen molar-refractivity contribution in [1.82, 2.24) is 10.3 Å². The van der Waals surface area contributed by atoms with Crippen LogP contribution in [0.2, 0.25) is 0 Å². The van der Waals surface area contributed by atoms with Crippen molar-refractivity contribution in [2.45, 2.75) is 19.3 Å². The monoisotopic (exact) mass is 473 g/mol. The molecule has 6 nitrogen and oxygen atoms in total. The number of aromatic nitrogens is 1. The lowest BCUT2D eigenvalue weighted by Crippen LogP contribution is -2.26. The number of benzene rings is 3. The van der Waals surface area contributed by atoms with Gasteiger partial charge in [-0.1, -0.05) is 41.7 Å². The first kappa shape index (κ1) is 22.2. The van der Waals surface area contributed by atoms with Gasteiger partial charge in [0.15, 0.2) is 16.6 Å². The first-order valence-corrected chi connectivity index (χ1v) is 12.2. The summed E-state index contributed by atoms with van der Waals surface area (Å²) in [6, 6.07) is 20.1. The van der Waals surface area contributed by atoms with Gasteiger partial charge in [-0.2, -0.15) is 0 Å². The molecule has 2 heterocycles. The number of anilines is 2. The molecule has 3 aromatic carbocycles. The summed E-state index contributed by atoms with van der Waals surface area (Å²) in [6.45, 7) is 1.45. The van der Waals surface area contributed by atoms with Crippen molar-refractivity contribution in [3.05, 3.63) is 77.4 Å². The predicted molar refractivity (Wildman–Crippen MR) is 137 cm³/mol. The Labute approximate surface area is 203 Å². The van der Waals surface area contributed by atoms with Crippen LogP contribution in [-0.4, -0.2) is 38.2 Å². The summed E-state index contributed by atoms with van der Waals surface area (Å²) in [5.41, 5.74) is 5.00. The van der Waals surface area contributed by atoms with Crippen molar-refractivity contribution >= 4 is 38.3 Å². The van der Waals surface area contributed by atoms with Gasteiger partial charge in [0, 0.05) is 18.8 Å². The van der Waals surface area contributed by atoms with Gasteiger partial charge in [0.25, 0.3) is 5.91 Å². The van der Waals surface area contributed by atoms with Crippen LogP contribution in [0.1, 0.15) is 27.9 Å². The highest BCUT2D eigenvalue weighted by molar-refractivity contribution is 7.22. The summed E-state index contributed by atoms with van der Waals surface area (Å²) in [6.07, 6.45) is 2.87. The number of amides is 1. The fraction of sp³-hybridized carbons (Fsp3) is 0.259. The van der Waals surface area contributed by atoms with Gasteiger partial charge in [-0.05, 0) is 60.7 Å². The van der Waals surface area contributed by atoms with Gasteiger partial charge >= 0.3 is 0 Å². The van der Waals surface area contributed by atoms with Crippen molar-refractivity contribution in [2.75, 3.05) is 32.2 Å². The van der Waals surface area contributed by atoms with E-state index in [2.05, 4.69) is 34.5 Å². The van der Waals surface area contributed by atoms with E-state index in [-0.39, 0.29) is 5.91 Å². The molecule has 0 aliphatic carbocycles. The molecule has 4 aromatic rings. The lowest BCUT2D eigenvalue weighted by molar-refractivity contribution is 0.0955. The lowest BCUT2D eigenvalue weighted by Gasteiger charge is -2.28. The van der Waals surface area contributed by atoms with E-state index in [0.717, 1.165) is 40.3 Å². The molecule has 0 fully saturated rings. The zero-order valence-corrected chi connectivity index (χ0v) is 20.2. The predicted octanol–water partition coefficient (Wildman–Crippen LogP) is 5.37.